The summed E-state index contributed by atoms with van der Waals surface area (Å²) in [5.74, 6) is 0. The van der Waals surface area contributed by atoms with Gasteiger partial charge in [-0.3, -0.25) is 0 Å². The molecule has 1 N–H and O–H groups in total. The molecule has 0 spiro atoms. The Morgan fingerprint density at radius 3 is 1.83 bits per heavy atom. The SMILES string of the molecule is CCCCCCCCN(CCCCCCCC)c1cccc(C)c1-c1n[nH]nc1C. The van der Waals surface area contributed by atoms with Crippen LogP contribution in [-0.4, -0.2) is 28.5 Å². The summed E-state index contributed by atoms with van der Waals surface area (Å²) in [5, 5.41) is 11.6. The Bertz CT molecular complexity index is 691. The van der Waals surface area contributed by atoms with Gasteiger partial charge >= 0.3 is 0 Å². The predicted octanol–water partition coefficient (Wildman–Crippen LogP) is 7.62. The first kappa shape index (κ1) is 24.4. The number of nitrogens with one attached hydrogen (secondary N) is 1. The Labute approximate surface area is 184 Å². The molecule has 0 saturated carbocycles. The molecule has 0 amide bonds. The van der Waals surface area contributed by atoms with Crippen LogP contribution in [-0.2, 0) is 0 Å². The van der Waals surface area contributed by atoms with Crippen LogP contribution >= 0.6 is 0 Å². The number of rotatable bonds is 16. The van der Waals surface area contributed by atoms with Crippen LogP contribution in [0.25, 0.3) is 11.3 Å². The zero-order valence-electron chi connectivity index (χ0n) is 20.0. The molecule has 2 aromatic rings. The van der Waals surface area contributed by atoms with Gasteiger partial charge in [-0.1, -0.05) is 90.2 Å². The van der Waals surface area contributed by atoms with Gasteiger partial charge in [0.1, 0.15) is 5.69 Å². The third-order valence-corrected chi connectivity index (χ3v) is 6.11. The minimum Gasteiger partial charge on any atom is -0.371 e. The van der Waals surface area contributed by atoms with Crippen molar-refractivity contribution >= 4 is 5.69 Å². The lowest BCUT2D eigenvalue weighted by atomic mass is 10.0. The molecule has 4 nitrogen and oxygen atoms in total. The number of anilines is 1. The molecule has 0 atom stereocenters. The topological polar surface area (TPSA) is 44.8 Å². The lowest BCUT2D eigenvalue weighted by Crippen LogP contribution is -2.26. The van der Waals surface area contributed by atoms with Crippen LogP contribution in [0.15, 0.2) is 18.2 Å². The zero-order valence-corrected chi connectivity index (χ0v) is 20.0. The number of aryl methyl sites for hydroxylation is 2. The van der Waals surface area contributed by atoms with Crippen LogP contribution in [0.2, 0.25) is 0 Å². The molecule has 4 heteroatoms. The van der Waals surface area contributed by atoms with Gasteiger partial charge in [0, 0.05) is 24.3 Å². The van der Waals surface area contributed by atoms with Gasteiger partial charge in [-0.05, 0) is 38.3 Å². The third kappa shape index (κ3) is 7.77. The summed E-state index contributed by atoms with van der Waals surface area (Å²) in [6.45, 7) is 11.1. The Kier molecular flexibility index (Phi) is 11.6. The second-order valence-electron chi connectivity index (χ2n) is 8.75. The van der Waals surface area contributed by atoms with E-state index in [0.717, 1.165) is 24.5 Å². The summed E-state index contributed by atoms with van der Waals surface area (Å²) in [6.07, 6.45) is 16.0. The fourth-order valence-corrected chi connectivity index (χ4v) is 4.26. The van der Waals surface area contributed by atoms with Gasteiger partial charge < -0.3 is 4.90 Å². The van der Waals surface area contributed by atoms with Crippen molar-refractivity contribution in [1.82, 2.24) is 15.4 Å². The molecule has 30 heavy (non-hydrogen) atoms. The lowest BCUT2D eigenvalue weighted by Gasteiger charge is -2.28. The molecule has 1 aromatic carbocycles. The molecular formula is C26H44N4. The normalized spacial score (nSPS) is 11.2. The number of aromatic nitrogens is 3. The maximum atomic E-state index is 4.49. The summed E-state index contributed by atoms with van der Waals surface area (Å²) in [7, 11) is 0. The van der Waals surface area contributed by atoms with Crippen molar-refractivity contribution in [3.63, 3.8) is 0 Å². The number of hydrogen-bond donors (Lipinski definition) is 1. The molecule has 0 saturated heterocycles. The smallest absolute Gasteiger partial charge is 0.118 e. The van der Waals surface area contributed by atoms with Crippen molar-refractivity contribution in [2.24, 2.45) is 0 Å². The number of hydrogen-bond acceptors (Lipinski definition) is 3. The highest BCUT2D eigenvalue weighted by molar-refractivity contribution is 5.80. The van der Waals surface area contributed by atoms with E-state index in [9.17, 15) is 0 Å². The van der Waals surface area contributed by atoms with Gasteiger partial charge in [0.2, 0.25) is 0 Å². The monoisotopic (exact) mass is 412 g/mol. The lowest BCUT2D eigenvalue weighted by molar-refractivity contribution is 0.575. The molecule has 0 aliphatic carbocycles. The molecule has 0 unspecified atom stereocenters. The average Bonchev–Trinajstić information content (AvgIpc) is 3.16. The van der Waals surface area contributed by atoms with Crippen molar-refractivity contribution in [1.29, 1.82) is 0 Å². The van der Waals surface area contributed by atoms with E-state index >= 15 is 0 Å². The Morgan fingerprint density at radius 2 is 1.30 bits per heavy atom. The summed E-state index contributed by atoms with van der Waals surface area (Å²) >= 11 is 0. The van der Waals surface area contributed by atoms with E-state index in [1.807, 2.05) is 6.92 Å². The highest BCUT2D eigenvalue weighted by atomic mass is 15.3. The van der Waals surface area contributed by atoms with Gasteiger partial charge in [-0.2, -0.15) is 15.4 Å². The predicted molar refractivity (Wildman–Crippen MR) is 130 cm³/mol. The maximum absolute atomic E-state index is 4.49. The largest absolute Gasteiger partial charge is 0.371 e. The molecule has 0 bridgehead atoms. The minimum atomic E-state index is 0.977. The number of benzene rings is 1. The van der Waals surface area contributed by atoms with E-state index in [0.29, 0.717) is 0 Å². The van der Waals surface area contributed by atoms with Crippen molar-refractivity contribution < 1.29 is 0 Å². The van der Waals surface area contributed by atoms with Crippen molar-refractivity contribution in [2.75, 3.05) is 18.0 Å². The van der Waals surface area contributed by atoms with E-state index in [1.165, 1.54) is 93.9 Å². The van der Waals surface area contributed by atoms with E-state index in [1.54, 1.807) is 0 Å². The quantitative estimate of drug-likeness (QED) is 0.288. The fourth-order valence-electron chi connectivity index (χ4n) is 4.26. The van der Waals surface area contributed by atoms with Gasteiger partial charge in [-0.25, -0.2) is 0 Å². The summed E-state index contributed by atoms with van der Waals surface area (Å²) in [4.78, 5) is 2.62. The highest BCUT2D eigenvalue weighted by Gasteiger charge is 2.18. The second-order valence-corrected chi connectivity index (χ2v) is 8.75. The van der Waals surface area contributed by atoms with Crippen molar-refractivity contribution in [2.45, 2.75) is 105 Å². The minimum absolute atomic E-state index is 0.977. The molecule has 0 fully saturated rings. The first-order chi connectivity index (χ1) is 14.7. The Balaban J connectivity index is 2.09. The fraction of sp³-hybridized carbons (Fsp3) is 0.692. The van der Waals surface area contributed by atoms with E-state index in [2.05, 4.69) is 59.3 Å². The first-order valence-electron chi connectivity index (χ1n) is 12.4. The van der Waals surface area contributed by atoms with Crippen LogP contribution in [0, 0.1) is 13.8 Å². The van der Waals surface area contributed by atoms with Gasteiger partial charge in [0.25, 0.3) is 0 Å². The van der Waals surface area contributed by atoms with Crippen LogP contribution in [0.1, 0.15) is 102 Å². The average molecular weight is 413 g/mol. The van der Waals surface area contributed by atoms with Crippen LogP contribution in [0.4, 0.5) is 5.69 Å². The number of unbranched alkanes of at least 4 members (excludes halogenated alkanes) is 10. The molecule has 1 aromatic heterocycles. The van der Waals surface area contributed by atoms with E-state index < -0.39 is 0 Å². The summed E-state index contributed by atoms with van der Waals surface area (Å²) in [6, 6.07) is 6.67. The maximum Gasteiger partial charge on any atom is 0.118 e. The zero-order chi connectivity index (χ0) is 21.6. The third-order valence-electron chi connectivity index (χ3n) is 6.11. The van der Waals surface area contributed by atoms with Crippen LogP contribution in [0.5, 0.6) is 0 Å². The van der Waals surface area contributed by atoms with Gasteiger partial charge in [-0.15, -0.1) is 0 Å². The van der Waals surface area contributed by atoms with Crippen LogP contribution in [0.3, 0.4) is 0 Å². The van der Waals surface area contributed by atoms with E-state index in [-0.39, 0.29) is 0 Å². The number of H-pyrrole nitrogens is 1. The Hall–Kier alpha value is -1.84. The summed E-state index contributed by atoms with van der Waals surface area (Å²) < 4.78 is 0. The number of aromatic amines is 1. The van der Waals surface area contributed by atoms with Crippen molar-refractivity contribution in [3.8, 4) is 11.3 Å². The second kappa shape index (κ2) is 14.2. The molecule has 168 valence electrons. The molecule has 0 aliphatic heterocycles. The Morgan fingerprint density at radius 1 is 0.733 bits per heavy atom. The van der Waals surface area contributed by atoms with Gasteiger partial charge in [0.15, 0.2) is 0 Å². The first-order valence-corrected chi connectivity index (χ1v) is 12.4. The number of nitrogens with zero attached hydrogens (tertiary/aromatic N) is 3. The van der Waals surface area contributed by atoms with E-state index in [4.69, 9.17) is 0 Å². The molecule has 1 heterocycles. The molecular weight excluding hydrogens is 368 g/mol. The van der Waals surface area contributed by atoms with Crippen molar-refractivity contribution in [3.05, 3.63) is 29.5 Å². The van der Waals surface area contributed by atoms with Gasteiger partial charge in [0.05, 0.1) is 5.69 Å². The molecule has 0 radical (unpaired) electrons. The highest BCUT2D eigenvalue weighted by Crippen LogP contribution is 2.34. The van der Waals surface area contributed by atoms with Crippen LogP contribution < -0.4 is 4.90 Å². The molecule has 2 rings (SSSR count). The standard InChI is InChI=1S/C26H44N4/c1-5-7-9-11-13-15-20-30(21-16-14-12-10-8-6-2)24-19-17-18-22(3)25(24)26-23(4)27-29-28-26/h17-19H,5-16,20-21H2,1-4H3,(H,27,28,29). The summed E-state index contributed by atoms with van der Waals surface area (Å²) in [5.41, 5.74) is 5.83. The molecule has 0 aliphatic rings.